The van der Waals surface area contributed by atoms with Gasteiger partial charge in [0.1, 0.15) is 0 Å². The van der Waals surface area contributed by atoms with Crippen molar-refractivity contribution in [2.24, 2.45) is 0 Å². The van der Waals surface area contributed by atoms with Gasteiger partial charge in [-0.2, -0.15) is 6.08 Å². The fourth-order valence-corrected chi connectivity index (χ4v) is 11.9. The molecule has 0 radical (unpaired) electrons. The topological polar surface area (TPSA) is 0 Å². The van der Waals surface area contributed by atoms with E-state index in [1.807, 2.05) is 12.2 Å². The van der Waals surface area contributed by atoms with E-state index in [9.17, 15) is 0 Å². The molecule has 0 nitrogen and oxygen atoms in total. The minimum atomic E-state index is -1.58. The Morgan fingerprint density at radius 2 is 0.983 bits per heavy atom. The summed E-state index contributed by atoms with van der Waals surface area (Å²) in [5, 5.41) is 8.56. The molecule has 7 heteroatoms. The first-order chi connectivity index (χ1) is 26.8. The zero-order valence-corrected chi connectivity index (χ0v) is 43.3. The average molecular weight is 1040 g/mol. The Morgan fingerprint density at radius 3 is 1.29 bits per heavy atom. The van der Waals surface area contributed by atoms with Crippen LogP contribution in [0.25, 0.3) is 43.8 Å². The quantitative estimate of drug-likeness (QED) is 0.107. The maximum atomic E-state index is 3.60. The Balaban J connectivity index is 0.000000268. The normalized spacial score (nSPS) is 11.9. The van der Waals surface area contributed by atoms with Gasteiger partial charge in [0.05, 0.1) is 16.1 Å². The number of hydrogen-bond acceptors (Lipinski definition) is 0. The van der Waals surface area contributed by atoms with E-state index in [1.54, 1.807) is 27.4 Å². The molecule has 7 aromatic carbocycles. The molecule has 0 saturated carbocycles. The van der Waals surface area contributed by atoms with Crippen LogP contribution in [0.4, 0.5) is 0 Å². The van der Waals surface area contributed by atoms with Gasteiger partial charge < -0.3 is 24.8 Å². The van der Waals surface area contributed by atoms with Gasteiger partial charge in [0, 0.05) is 8.95 Å². The van der Waals surface area contributed by atoms with Gasteiger partial charge in [-0.15, -0.1) is 46.2 Å². The van der Waals surface area contributed by atoms with Gasteiger partial charge in [0.15, 0.2) is 0 Å². The van der Waals surface area contributed by atoms with Gasteiger partial charge in [-0.25, -0.2) is 12.2 Å². The van der Waals surface area contributed by atoms with Gasteiger partial charge in [0.25, 0.3) is 0 Å². The number of allylic oxidation sites excluding steroid dienone is 4. The number of fused-ring (bicyclic) bond motifs is 3. The standard InChI is InChI=1S/C31H31Br2Si2.C15H14.C5H5.2ClH.Zr/c1-34(2,3)30-18-26-22(16-28(30)20-7-11-24(32)12-8-20)15-23-17-29(21-9-13-25(33)14-10-21)31(19-27(23)26)35(4,5)6;1-3-8-14(9-4-1)12-7-13-15-10-5-2-6-11-15;1-2-4-5-3-1;;;/h7-19H,1-6H3;1-6,8-11H,12-13H2;1-3H,4H2;2*1H;/q-1;;-1;;;+2/p-2. The molecule has 0 bridgehead atoms. The molecule has 0 N–H and O–H groups in total. The summed E-state index contributed by atoms with van der Waals surface area (Å²) >= 11 is 8.75. The van der Waals surface area contributed by atoms with E-state index in [1.165, 1.54) is 65.3 Å². The second kappa shape index (κ2) is 21.8. The zero-order valence-electron chi connectivity index (χ0n) is 34.1. The average Bonchev–Trinajstić information content (AvgIpc) is 3.87. The van der Waals surface area contributed by atoms with Crippen LogP contribution in [-0.4, -0.2) is 19.4 Å². The number of benzene rings is 6. The van der Waals surface area contributed by atoms with E-state index >= 15 is 0 Å². The van der Waals surface area contributed by atoms with Crippen molar-refractivity contribution in [2.45, 2.75) is 58.5 Å². The van der Waals surface area contributed by atoms with Crippen molar-refractivity contribution < 1.29 is 49.0 Å². The fraction of sp³-hybridized carbons (Fsp3) is 0.176. The minimum absolute atomic E-state index is 0. The Morgan fingerprint density at radius 1 is 0.586 bits per heavy atom. The molecule has 0 fully saturated rings. The summed E-state index contributed by atoms with van der Waals surface area (Å²) in [7, 11) is -3.16. The summed E-state index contributed by atoms with van der Waals surface area (Å²) < 4.78 is 3.84. The van der Waals surface area contributed by atoms with Crippen molar-refractivity contribution >= 4 is 83.1 Å². The van der Waals surface area contributed by atoms with E-state index in [2.05, 4.69) is 223 Å². The molecule has 0 aromatic heterocycles. The Bertz CT molecular complexity index is 2310. The van der Waals surface area contributed by atoms with Crippen LogP contribution in [0.15, 0.2) is 167 Å². The van der Waals surface area contributed by atoms with Crippen LogP contribution in [0.1, 0.15) is 17.5 Å². The van der Waals surface area contributed by atoms with Crippen molar-refractivity contribution in [3.05, 3.63) is 184 Å². The monoisotopic (exact) mass is 1040 g/mol. The summed E-state index contributed by atoms with van der Waals surface area (Å²) in [4.78, 5) is 0. The molecule has 0 atom stereocenters. The molecule has 0 aliphatic heterocycles. The molecule has 296 valence electrons. The van der Waals surface area contributed by atoms with E-state index in [0.29, 0.717) is 0 Å². The van der Waals surface area contributed by atoms with Gasteiger partial charge in [0.2, 0.25) is 0 Å². The summed E-state index contributed by atoms with van der Waals surface area (Å²) in [5.74, 6) is 0. The van der Waals surface area contributed by atoms with E-state index in [0.717, 1.165) is 28.2 Å². The number of halogens is 4. The molecule has 58 heavy (non-hydrogen) atoms. The first-order valence-corrected chi connectivity index (χ1v) is 29.2. The third-order valence-electron chi connectivity index (χ3n) is 10.0. The third-order valence-corrected chi connectivity index (χ3v) is 16.0. The van der Waals surface area contributed by atoms with Gasteiger partial charge >= 0.3 is 112 Å². The van der Waals surface area contributed by atoms with Crippen LogP contribution in [0, 0.1) is 6.08 Å². The molecular formula is C51H50Br2Cl2Si2Zr-2. The third kappa shape index (κ3) is 12.9. The maximum absolute atomic E-state index is 3.60. The van der Waals surface area contributed by atoms with E-state index in [-0.39, 0.29) is 24.8 Å². The van der Waals surface area contributed by atoms with Crippen molar-refractivity contribution in [2.75, 3.05) is 0 Å². The molecule has 0 unspecified atom stereocenters. The molecule has 0 amide bonds. The fourth-order valence-electron chi connectivity index (χ4n) is 7.17. The van der Waals surface area contributed by atoms with Crippen LogP contribution in [-0.2, 0) is 37.1 Å². The van der Waals surface area contributed by atoms with Gasteiger partial charge in [-0.3, -0.25) is 6.08 Å². The van der Waals surface area contributed by atoms with Crippen LogP contribution in [0.3, 0.4) is 0 Å². The summed E-state index contributed by atoms with van der Waals surface area (Å²) in [6, 6.07) is 51.3. The second-order valence-electron chi connectivity index (χ2n) is 16.6. The second-order valence-corrected chi connectivity index (χ2v) is 30.2. The molecule has 0 spiro atoms. The predicted octanol–water partition coefficient (Wildman–Crippen LogP) is 8.17. The first-order valence-electron chi connectivity index (χ1n) is 19.4. The van der Waals surface area contributed by atoms with Crippen molar-refractivity contribution in [3.63, 3.8) is 0 Å². The molecule has 0 saturated heterocycles. The molecule has 8 rings (SSSR count). The summed E-state index contributed by atoms with van der Waals surface area (Å²) in [5.41, 5.74) is 8.22. The van der Waals surface area contributed by atoms with Crippen LogP contribution in [0.2, 0.25) is 39.3 Å². The van der Waals surface area contributed by atoms with Crippen LogP contribution in [0.5, 0.6) is 0 Å². The zero-order chi connectivity index (χ0) is 39.9. The number of rotatable bonds is 8. The molecule has 7 aromatic rings. The SMILES string of the molecule is C[Si](C)(C)c1cc2c(cc1-c1ccc(Br)cc1)[cH-]c1cc(-c3ccc(Br)cc3)c([Si](C)(C)C)cc12.[C-]1=CC=CC1.[Cl-].[Cl-].[Zr+2]=[C](Cc1ccccc1)Cc1ccccc1. The van der Waals surface area contributed by atoms with E-state index in [4.69, 9.17) is 0 Å². The van der Waals surface area contributed by atoms with Crippen molar-refractivity contribution in [1.82, 2.24) is 0 Å². The summed E-state index contributed by atoms with van der Waals surface area (Å²) in [6.07, 6.45) is 12.2. The van der Waals surface area contributed by atoms with Gasteiger partial charge in [-0.1, -0.05) is 129 Å². The summed E-state index contributed by atoms with van der Waals surface area (Å²) in [6.45, 7) is 14.8. The van der Waals surface area contributed by atoms with Crippen LogP contribution < -0.4 is 35.2 Å². The molecule has 0 heterocycles. The molecule has 1 aliphatic rings. The predicted molar refractivity (Wildman–Crippen MR) is 256 cm³/mol. The van der Waals surface area contributed by atoms with E-state index < -0.39 is 16.1 Å². The first kappa shape index (κ1) is 48.1. The Kier molecular flexibility index (Phi) is 18.0. The molecular weight excluding hydrogens is 991 g/mol. The number of hydrogen-bond donors (Lipinski definition) is 0. The molecule has 1 aliphatic carbocycles. The van der Waals surface area contributed by atoms with Crippen molar-refractivity contribution in [1.29, 1.82) is 0 Å². The van der Waals surface area contributed by atoms with Gasteiger partial charge in [-0.05, 0) is 35.4 Å². The van der Waals surface area contributed by atoms with Crippen LogP contribution >= 0.6 is 31.9 Å². The Hall–Kier alpha value is -2.60. The van der Waals surface area contributed by atoms with Crippen molar-refractivity contribution in [3.8, 4) is 22.3 Å². The Labute approximate surface area is 393 Å².